The Kier molecular flexibility index (Phi) is 2.14. The Hall–Kier alpha value is -0.610. The molecule has 19 heavy (non-hydrogen) atoms. The van der Waals surface area contributed by atoms with Crippen LogP contribution in [0.1, 0.15) is 39.5 Å². The van der Waals surface area contributed by atoms with Crippen LogP contribution in [0.15, 0.2) is 0 Å². The number of hydrogen-bond acceptors (Lipinski definition) is 3. The highest BCUT2D eigenvalue weighted by Gasteiger charge is 2.77. The Balaban J connectivity index is 1.84. The van der Waals surface area contributed by atoms with Crippen LogP contribution in [0.2, 0.25) is 0 Å². The van der Waals surface area contributed by atoms with Gasteiger partial charge in [0.2, 0.25) is 0 Å². The zero-order valence-corrected chi connectivity index (χ0v) is 11.6. The third kappa shape index (κ3) is 1.13. The molecule has 0 aromatic heterocycles. The maximum absolute atomic E-state index is 11.9. The van der Waals surface area contributed by atoms with E-state index in [1.165, 1.54) is 6.42 Å². The van der Waals surface area contributed by atoms with Gasteiger partial charge in [-0.2, -0.15) is 0 Å². The first kappa shape index (κ1) is 12.2. The van der Waals surface area contributed by atoms with Gasteiger partial charge in [-0.25, -0.2) is 0 Å². The summed E-state index contributed by atoms with van der Waals surface area (Å²) in [4.78, 5) is 11.9. The fraction of sp³-hybridized carbons (Fsp3) is 0.933. The molecular weight excluding hydrogens is 244 g/mol. The largest absolute Gasteiger partial charge is 0.481 e. The van der Waals surface area contributed by atoms with Gasteiger partial charge < -0.3 is 14.6 Å². The normalized spacial score (nSPS) is 53.9. The lowest BCUT2D eigenvalue weighted by Crippen LogP contribution is -2.55. The van der Waals surface area contributed by atoms with Crippen molar-refractivity contribution >= 4 is 5.97 Å². The lowest BCUT2D eigenvalue weighted by atomic mass is 9.58. The van der Waals surface area contributed by atoms with E-state index in [1.54, 1.807) is 0 Å². The average molecular weight is 266 g/mol. The molecule has 1 saturated heterocycles. The molecule has 5 aliphatic rings. The van der Waals surface area contributed by atoms with Crippen molar-refractivity contribution in [1.29, 1.82) is 0 Å². The van der Waals surface area contributed by atoms with E-state index in [1.807, 2.05) is 0 Å². The van der Waals surface area contributed by atoms with Crippen LogP contribution in [0.25, 0.3) is 0 Å². The molecule has 0 radical (unpaired) electrons. The van der Waals surface area contributed by atoms with Gasteiger partial charge >= 0.3 is 5.97 Å². The Bertz CT molecular complexity index is 441. The van der Waals surface area contributed by atoms with E-state index in [0.29, 0.717) is 25.0 Å². The standard InChI is InChI=1S/C15H22O4/c1-9-14(12(16)17)6-10-5-11(8-14)15(9,7-10)13(2)18-3-4-19-13/h9-11H,3-8H2,1-2H3,(H,16,17). The topological polar surface area (TPSA) is 55.8 Å². The van der Waals surface area contributed by atoms with Crippen molar-refractivity contribution in [3.05, 3.63) is 0 Å². The minimum atomic E-state index is -0.599. The maximum atomic E-state index is 11.9. The first-order valence-corrected chi connectivity index (χ1v) is 7.46. The molecule has 106 valence electrons. The van der Waals surface area contributed by atoms with Crippen LogP contribution in [0.3, 0.4) is 0 Å². The molecule has 5 fully saturated rings. The summed E-state index contributed by atoms with van der Waals surface area (Å²) in [5, 5.41) is 9.78. The highest BCUT2D eigenvalue weighted by Crippen LogP contribution is 2.76. The van der Waals surface area contributed by atoms with Gasteiger partial charge in [0, 0.05) is 5.41 Å². The Morgan fingerprint density at radius 1 is 1.21 bits per heavy atom. The number of rotatable bonds is 2. The van der Waals surface area contributed by atoms with Crippen LogP contribution in [0.4, 0.5) is 0 Å². The number of ether oxygens (including phenoxy) is 2. The molecule has 4 nitrogen and oxygen atoms in total. The second-order valence-electron chi connectivity index (χ2n) is 7.28. The van der Waals surface area contributed by atoms with Gasteiger partial charge in [-0.05, 0) is 50.4 Å². The van der Waals surface area contributed by atoms with Gasteiger partial charge in [0.1, 0.15) is 0 Å². The molecule has 1 aliphatic heterocycles. The summed E-state index contributed by atoms with van der Waals surface area (Å²) >= 11 is 0. The van der Waals surface area contributed by atoms with E-state index in [2.05, 4.69) is 13.8 Å². The molecule has 0 aromatic carbocycles. The van der Waals surface area contributed by atoms with Gasteiger partial charge in [-0.3, -0.25) is 4.79 Å². The fourth-order valence-corrected chi connectivity index (χ4v) is 6.27. The zero-order chi connectivity index (χ0) is 13.5. The molecule has 4 aliphatic carbocycles. The molecule has 4 heteroatoms. The maximum Gasteiger partial charge on any atom is 0.309 e. The van der Waals surface area contributed by atoms with Crippen molar-refractivity contribution in [2.45, 2.75) is 45.3 Å². The van der Waals surface area contributed by atoms with E-state index >= 15 is 0 Å². The molecule has 1 N–H and O–H groups in total. The lowest BCUT2D eigenvalue weighted by molar-refractivity contribution is -0.253. The van der Waals surface area contributed by atoms with E-state index < -0.39 is 17.2 Å². The lowest BCUT2D eigenvalue weighted by Gasteiger charge is -2.50. The third-order valence-corrected chi connectivity index (χ3v) is 6.95. The Labute approximate surface area is 113 Å². The molecule has 0 amide bonds. The van der Waals surface area contributed by atoms with Crippen molar-refractivity contribution < 1.29 is 19.4 Å². The second-order valence-corrected chi connectivity index (χ2v) is 7.28. The molecule has 5 unspecified atom stereocenters. The van der Waals surface area contributed by atoms with E-state index in [0.717, 1.165) is 19.3 Å². The van der Waals surface area contributed by atoms with Gasteiger partial charge in [0.15, 0.2) is 5.79 Å². The minimum absolute atomic E-state index is 0.0786. The summed E-state index contributed by atoms with van der Waals surface area (Å²) in [5.41, 5.74) is -0.602. The summed E-state index contributed by atoms with van der Waals surface area (Å²) in [7, 11) is 0. The van der Waals surface area contributed by atoms with Crippen LogP contribution in [0.5, 0.6) is 0 Å². The van der Waals surface area contributed by atoms with Gasteiger partial charge in [-0.15, -0.1) is 0 Å². The summed E-state index contributed by atoms with van der Waals surface area (Å²) in [6, 6.07) is 0. The van der Waals surface area contributed by atoms with Crippen molar-refractivity contribution in [3.8, 4) is 0 Å². The Morgan fingerprint density at radius 3 is 2.53 bits per heavy atom. The molecule has 0 spiro atoms. The highest BCUT2D eigenvalue weighted by atomic mass is 16.7. The van der Waals surface area contributed by atoms with Gasteiger partial charge in [-0.1, -0.05) is 6.92 Å². The van der Waals surface area contributed by atoms with E-state index in [4.69, 9.17) is 9.47 Å². The number of carboxylic acid groups (broad SMARTS) is 1. The van der Waals surface area contributed by atoms with Crippen molar-refractivity contribution in [1.82, 2.24) is 0 Å². The molecule has 5 atom stereocenters. The molecule has 4 bridgehead atoms. The predicted molar refractivity (Wildman–Crippen MR) is 67.4 cm³/mol. The third-order valence-electron chi connectivity index (χ3n) is 6.95. The molecule has 1 heterocycles. The summed E-state index contributed by atoms with van der Waals surface area (Å²) in [5.74, 6) is -0.0120. The number of carboxylic acids is 1. The molecule has 4 saturated carbocycles. The smallest absolute Gasteiger partial charge is 0.309 e. The van der Waals surface area contributed by atoms with Crippen LogP contribution in [-0.2, 0) is 14.3 Å². The molecule has 0 aromatic rings. The molecular formula is C15H22O4. The first-order valence-electron chi connectivity index (χ1n) is 7.46. The number of carbonyl (C=O) groups is 1. The SMILES string of the molecule is CC1C2(C(=O)O)CC3CC(C2)C1(C1(C)OCCO1)C3. The van der Waals surface area contributed by atoms with E-state index in [-0.39, 0.29) is 11.3 Å². The summed E-state index contributed by atoms with van der Waals surface area (Å²) < 4.78 is 12.0. The number of aliphatic carboxylic acids is 1. The highest BCUT2D eigenvalue weighted by molar-refractivity contribution is 5.76. The second kappa shape index (κ2) is 3.34. The van der Waals surface area contributed by atoms with Gasteiger partial charge in [0.05, 0.1) is 18.6 Å². The van der Waals surface area contributed by atoms with Crippen LogP contribution in [-0.4, -0.2) is 30.1 Å². The Morgan fingerprint density at radius 2 is 1.89 bits per heavy atom. The van der Waals surface area contributed by atoms with Crippen LogP contribution >= 0.6 is 0 Å². The number of hydrogen-bond donors (Lipinski definition) is 1. The van der Waals surface area contributed by atoms with E-state index in [9.17, 15) is 9.90 Å². The summed E-state index contributed by atoms with van der Waals surface area (Å²) in [6.07, 6.45) is 3.94. The van der Waals surface area contributed by atoms with Crippen molar-refractivity contribution in [2.24, 2.45) is 28.6 Å². The zero-order valence-electron chi connectivity index (χ0n) is 11.6. The molecule has 5 rings (SSSR count). The van der Waals surface area contributed by atoms with Crippen LogP contribution in [0, 0.1) is 28.6 Å². The fourth-order valence-electron chi connectivity index (χ4n) is 6.27. The predicted octanol–water partition coefficient (Wildman–Crippen LogP) is 2.28. The first-order chi connectivity index (χ1) is 8.95. The van der Waals surface area contributed by atoms with Crippen molar-refractivity contribution in [2.75, 3.05) is 13.2 Å². The average Bonchev–Trinajstić information content (AvgIpc) is 2.95. The quantitative estimate of drug-likeness (QED) is 0.833. The minimum Gasteiger partial charge on any atom is -0.481 e. The van der Waals surface area contributed by atoms with Gasteiger partial charge in [0.25, 0.3) is 0 Å². The van der Waals surface area contributed by atoms with Crippen molar-refractivity contribution in [3.63, 3.8) is 0 Å². The van der Waals surface area contributed by atoms with Crippen LogP contribution < -0.4 is 0 Å². The summed E-state index contributed by atoms with van der Waals surface area (Å²) in [6.45, 7) is 5.46. The monoisotopic (exact) mass is 266 g/mol.